The molecule has 0 amide bonds. The van der Waals surface area contributed by atoms with Crippen molar-refractivity contribution in [3.05, 3.63) is 41.9 Å². The van der Waals surface area contributed by atoms with E-state index in [1.807, 2.05) is 36.6 Å². The van der Waals surface area contributed by atoms with E-state index < -0.39 is 0 Å². The van der Waals surface area contributed by atoms with Crippen molar-refractivity contribution < 1.29 is 4.42 Å². The van der Waals surface area contributed by atoms with Gasteiger partial charge >= 0.3 is 0 Å². The Labute approximate surface area is 112 Å². The monoisotopic (exact) mass is 267 g/mol. The maximum absolute atomic E-state index is 5.49. The molecule has 0 aliphatic rings. The summed E-state index contributed by atoms with van der Waals surface area (Å²) in [6.45, 7) is 1.85. The molecule has 3 heterocycles. The van der Waals surface area contributed by atoms with Gasteiger partial charge in [0.05, 0.1) is 15.9 Å². The third-order valence-electron chi connectivity index (χ3n) is 3.01. The lowest BCUT2D eigenvalue weighted by atomic mass is 10.1. The van der Waals surface area contributed by atoms with Crippen LogP contribution in [0.2, 0.25) is 0 Å². The van der Waals surface area contributed by atoms with E-state index in [1.54, 1.807) is 17.7 Å². The van der Waals surface area contributed by atoms with E-state index in [2.05, 4.69) is 15.0 Å². The van der Waals surface area contributed by atoms with E-state index >= 15 is 0 Å². The Hall–Kier alpha value is -2.27. The topological polar surface area (TPSA) is 51.8 Å². The average molecular weight is 267 g/mol. The number of rotatable bonds is 1. The lowest BCUT2D eigenvalue weighted by Crippen LogP contribution is -1.85. The third-order valence-corrected chi connectivity index (χ3v) is 3.92. The van der Waals surface area contributed by atoms with Gasteiger partial charge in [-0.05, 0) is 29.6 Å². The number of nitrogens with zero attached hydrogens (tertiary/aromatic N) is 3. The second-order valence-electron chi connectivity index (χ2n) is 4.27. The summed E-state index contributed by atoms with van der Waals surface area (Å²) < 4.78 is 6.59. The van der Waals surface area contributed by atoms with Crippen molar-refractivity contribution in [3.63, 3.8) is 0 Å². The highest BCUT2D eigenvalue weighted by Crippen LogP contribution is 2.31. The van der Waals surface area contributed by atoms with Crippen LogP contribution in [0.15, 0.2) is 40.4 Å². The molecular weight excluding hydrogens is 258 g/mol. The first kappa shape index (κ1) is 10.6. The molecule has 4 rings (SSSR count). The number of aryl methyl sites for hydroxylation is 1. The fourth-order valence-electron chi connectivity index (χ4n) is 2.18. The molecular formula is C14H9N3OS. The van der Waals surface area contributed by atoms with Gasteiger partial charge in [-0.2, -0.15) is 0 Å². The quantitative estimate of drug-likeness (QED) is 0.526. The minimum Gasteiger partial charge on any atom is -0.441 e. The summed E-state index contributed by atoms with van der Waals surface area (Å²) in [4.78, 5) is 13.0. The van der Waals surface area contributed by atoms with Gasteiger partial charge in [0.1, 0.15) is 11.8 Å². The molecule has 0 saturated carbocycles. The Morgan fingerprint density at radius 2 is 2.05 bits per heavy atom. The second-order valence-corrected chi connectivity index (χ2v) is 5.19. The molecule has 92 valence electrons. The molecule has 0 aliphatic heterocycles. The first-order valence-corrected chi connectivity index (χ1v) is 6.75. The van der Waals surface area contributed by atoms with Crippen LogP contribution in [0.25, 0.3) is 32.6 Å². The Kier molecular flexibility index (Phi) is 2.16. The van der Waals surface area contributed by atoms with Gasteiger partial charge < -0.3 is 4.42 Å². The molecule has 4 aromatic rings. The summed E-state index contributed by atoms with van der Waals surface area (Å²) in [6, 6.07) is 7.96. The molecule has 0 radical (unpaired) electrons. The Morgan fingerprint density at radius 3 is 3.00 bits per heavy atom. The van der Waals surface area contributed by atoms with Gasteiger partial charge in [0.25, 0.3) is 0 Å². The predicted octanol–water partition coefficient (Wildman–Crippen LogP) is 3.81. The molecule has 19 heavy (non-hydrogen) atoms. The standard InChI is InChI=1S/C14H9N3OS/c1-8-17-11-6-9(2-3-12(11)18-8)13-14-10(4-5-19-14)15-7-16-13/h2-7H,1H3. The van der Waals surface area contributed by atoms with Gasteiger partial charge in [0, 0.05) is 12.5 Å². The van der Waals surface area contributed by atoms with Gasteiger partial charge in [-0.1, -0.05) is 0 Å². The highest BCUT2D eigenvalue weighted by molar-refractivity contribution is 7.17. The first-order valence-electron chi connectivity index (χ1n) is 5.87. The maximum atomic E-state index is 5.49. The zero-order valence-corrected chi connectivity index (χ0v) is 10.9. The lowest BCUT2D eigenvalue weighted by molar-refractivity contribution is 0.561. The van der Waals surface area contributed by atoms with Crippen molar-refractivity contribution >= 4 is 32.7 Å². The highest BCUT2D eigenvalue weighted by Gasteiger charge is 2.10. The van der Waals surface area contributed by atoms with Crippen molar-refractivity contribution in [2.24, 2.45) is 0 Å². The van der Waals surface area contributed by atoms with Crippen LogP contribution in [0.3, 0.4) is 0 Å². The molecule has 0 spiro atoms. The number of oxazole rings is 1. The fraction of sp³-hybridized carbons (Fsp3) is 0.0714. The lowest BCUT2D eigenvalue weighted by Gasteiger charge is -2.01. The molecule has 0 saturated heterocycles. The first-order chi connectivity index (χ1) is 9.31. The van der Waals surface area contributed by atoms with Gasteiger partial charge in [-0.3, -0.25) is 0 Å². The summed E-state index contributed by atoms with van der Waals surface area (Å²) in [5.41, 5.74) is 4.63. The largest absolute Gasteiger partial charge is 0.441 e. The minimum absolute atomic E-state index is 0.677. The SMILES string of the molecule is Cc1nc2cc(-c3ncnc4ccsc34)ccc2o1. The molecule has 0 atom stereocenters. The molecule has 0 bridgehead atoms. The van der Waals surface area contributed by atoms with Crippen LogP contribution < -0.4 is 0 Å². The molecule has 3 aromatic heterocycles. The van der Waals surface area contributed by atoms with Crippen LogP contribution in [-0.2, 0) is 0 Å². The fourth-order valence-corrected chi connectivity index (χ4v) is 3.04. The summed E-state index contributed by atoms with van der Waals surface area (Å²) in [6.07, 6.45) is 1.60. The maximum Gasteiger partial charge on any atom is 0.192 e. The van der Waals surface area contributed by atoms with Gasteiger partial charge in [-0.25, -0.2) is 15.0 Å². The van der Waals surface area contributed by atoms with Crippen molar-refractivity contribution in [2.75, 3.05) is 0 Å². The number of benzene rings is 1. The van der Waals surface area contributed by atoms with E-state index in [-0.39, 0.29) is 0 Å². The van der Waals surface area contributed by atoms with Crippen LogP contribution in [0, 0.1) is 6.92 Å². The average Bonchev–Trinajstić information content (AvgIpc) is 3.01. The second kappa shape index (κ2) is 3.86. The van der Waals surface area contributed by atoms with Crippen LogP contribution in [0.4, 0.5) is 0 Å². The predicted molar refractivity (Wildman–Crippen MR) is 75.2 cm³/mol. The molecule has 4 nitrogen and oxygen atoms in total. The van der Waals surface area contributed by atoms with Crippen molar-refractivity contribution in [1.29, 1.82) is 0 Å². The van der Waals surface area contributed by atoms with Crippen LogP contribution in [-0.4, -0.2) is 15.0 Å². The zero-order valence-electron chi connectivity index (χ0n) is 10.1. The molecule has 0 aliphatic carbocycles. The minimum atomic E-state index is 0.677. The molecule has 5 heteroatoms. The Balaban J connectivity index is 2.00. The normalized spacial score (nSPS) is 11.4. The molecule has 0 N–H and O–H groups in total. The number of hydrogen-bond donors (Lipinski definition) is 0. The van der Waals surface area contributed by atoms with E-state index in [0.29, 0.717) is 5.89 Å². The molecule has 1 aromatic carbocycles. The summed E-state index contributed by atoms with van der Waals surface area (Å²) in [7, 11) is 0. The summed E-state index contributed by atoms with van der Waals surface area (Å²) in [5, 5.41) is 2.03. The summed E-state index contributed by atoms with van der Waals surface area (Å²) in [5.74, 6) is 0.677. The Bertz CT molecular complexity index is 894. The van der Waals surface area contributed by atoms with Gasteiger partial charge in [-0.15, -0.1) is 11.3 Å². The van der Waals surface area contributed by atoms with Gasteiger partial charge in [0.2, 0.25) is 0 Å². The van der Waals surface area contributed by atoms with E-state index in [0.717, 1.165) is 32.6 Å². The van der Waals surface area contributed by atoms with Gasteiger partial charge in [0.15, 0.2) is 11.5 Å². The smallest absolute Gasteiger partial charge is 0.192 e. The molecule has 0 fully saturated rings. The van der Waals surface area contributed by atoms with E-state index in [1.165, 1.54) is 0 Å². The highest BCUT2D eigenvalue weighted by atomic mass is 32.1. The van der Waals surface area contributed by atoms with Crippen LogP contribution in [0.5, 0.6) is 0 Å². The van der Waals surface area contributed by atoms with E-state index in [4.69, 9.17) is 4.42 Å². The van der Waals surface area contributed by atoms with Crippen molar-refractivity contribution in [1.82, 2.24) is 15.0 Å². The number of thiophene rings is 1. The number of aromatic nitrogens is 3. The zero-order chi connectivity index (χ0) is 12.8. The number of hydrogen-bond acceptors (Lipinski definition) is 5. The Morgan fingerprint density at radius 1 is 1.11 bits per heavy atom. The molecule has 0 unspecified atom stereocenters. The number of fused-ring (bicyclic) bond motifs is 2. The van der Waals surface area contributed by atoms with Crippen LogP contribution in [0.1, 0.15) is 5.89 Å². The van der Waals surface area contributed by atoms with Crippen molar-refractivity contribution in [2.45, 2.75) is 6.92 Å². The van der Waals surface area contributed by atoms with Crippen LogP contribution >= 0.6 is 11.3 Å². The van der Waals surface area contributed by atoms with Crippen molar-refractivity contribution in [3.8, 4) is 11.3 Å². The third kappa shape index (κ3) is 1.62. The summed E-state index contributed by atoms with van der Waals surface area (Å²) >= 11 is 1.65. The van der Waals surface area contributed by atoms with E-state index in [9.17, 15) is 0 Å².